The third-order valence-electron chi connectivity index (χ3n) is 5.20. The SMILES string of the molecule is CC(C)(C)OC(=O)NC1=N[C@](C)(c2cc(I)ccc2F)C[S@@](=O)(=NC2CC2)C1(C)C. The van der Waals surface area contributed by atoms with E-state index >= 15 is 0 Å². The van der Waals surface area contributed by atoms with Crippen molar-refractivity contribution in [1.82, 2.24) is 5.32 Å². The predicted molar refractivity (Wildman–Crippen MR) is 126 cm³/mol. The van der Waals surface area contributed by atoms with Crippen LogP contribution < -0.4 is 5.32 Å². The molecule has 1 aliphatic heterocycles. The Kier molecular flexibility index (Phi) is 6.03. The van der Waals surface area contributed by atoms with Gasteiger partial charge < -0.3 is 4.74 Å². The molecule has 2 atom stereocenters. The lowest BCUT2D eigenvalue weighted by atomic mass is 9.93. The van der Waals surface area contributed by atoms with Gasteiger partial charge in [-0.05, 0) is 95.2 Å². The van der Waals surface area contributed by atoms with Gasteiger partial charge in [-0.1, -0.05) is 0 Å². The highest BCUT2D eigenvalue weighted by atomic mass is 127. The van der Waals surface area contributed by atoms with Crippen LogP contribution in [0.1, 0.15) is 59.9 Å². The van der Waals surface area contributed by atoms with Crippen LogP contribution in [0.2, 0.25) is 0 Å². The zero-order chi connectivity index (χ0) is 22.5. The summed E-state index contributed by atoms with van der Waals surface area (Å²) in [5, 5.41) is 2.70. The number of halogens is 2. The summed E-state index contributed by atoms with van der Waals surface area (Å²) in [7, 11) is -2.87. The van der Waals surface area contributed by atoms with Crippen LogP contribution in [-0.4, -0.2) is 38.3 Å². The van der Waals surface area contributed by atoms with Crippen LogP contribution in [0.5, 0.6) is 0 Å². The molecule has 9 heteroatoms. The summed E-state index contributed by atoms with van der Waals surface area (Å²) in [6.45, 7) is 10.6. The number of nitrogens with zero attached hydrogens (tertiary/aromatic N) is 2. The quantitative estimate of drug-likeness (QED) is 0.528. The monoisotopic (exact) mass is 549 g/mol. The topological polar surface area (TPSA) is 80.1 Å². The maximum atomic E-state index is 14.8. The third kappa shape index (κ3) is 4.81. The second kappa shape index (κ2) is 7.72. The van der Waals surface area contributed by atoms with Crippen LogP contribution in [0.4, 0.5) is 9.18 Å². The fourth-order valence-corrected chi connectivity index (χ4v) is 6.61. The standard InChI is InChI=1S/C21H29FIN3O3S/c1-19(2,3)29-18(27)24-17-20(4,5)30(28,26-14-8-9-14)12-21(6,25-17)15-11-13(23)7-10-16(15)22/h7,10-11,14H,8-9,12H2,1-6H3,(H,24,25,27)/t21-,30-/m0/s1. The first-order chi connectivity index (χ1) is 13.7. The van der Waals surface area contributed by atoms with Crippen molar-refractivity contribution in [3.8, 4) is 0 Å². The largest absolute Gasteiger partial charge is 0.444 e. The Bertz CT molecular complexity index is 1020. The second-order valence-electron chi connectivity index (χ2n) is 9.62. The summed E-state index contributed by atoms with van der Waals surface area (Å²) in [6.07, 6.45) is 1.11. The van der Waals surface area contributed by atoms with E-state index in [4.69, 9.17) is 9.73 Å². The van der Waals surface area contributed by atoms with Gasteiger partial charge in [-0.25, -0.2) is 17.8 Å². The van der Waals surface area contributed by atoms with Gasteiger partial charge in [-0.15, -0.1) is 0 Å². The summed E-state index contributed by atoms with van der Waals surface area (Å²) >= 11 is 2.11. The first-order valence-electron chi connectivity index (χ1n) is 9.95. The lowest BCUT2D eigenvalue weighted by Crippen LogP contribution is -2.58. The van der Waals surface area contributed by atoms with Gasteiger partial charge in [-0.3, -0.25) is 10.3 Å². The first-order valence-corrected chi connectivity index (χ1v) is 12.7. The molecular weight excluding hydrogens is 520 g/mol. The van der Waals surface area contributed by atoms with Crippen LogP contribution in [0, 0.1) is 9.39 Å². The number of amides is 1. The number of amidine groups is 1. The number of carbonyl (C=O) groups excluding carboxylic acids is 1. The van der Waals surface area contributed by atoms with Gasteiger partial charge in [0.25, 0.3) is 0 Å². The summed E-state index contributed by atoms with van der Waals surface area (Å²) in [5.74, 6) is -0.135. The first kappa shape index (κ1) is 23.4. The molecular formula is C21H29FIN3O3S. The minimum absolute atomic E-state index is 0.0441. The van der Waals surface area contributed by atoms with E-state index in [0.29, 0.717) is 5.56 Å². The van der Waals surface area contributed by atoms with Crippen molar-refractivity contribution in [2.24, 2.45) is 9.36 Å². The van der Waals surface area contributed by atoms with E-state index < -0.39 is 37.5 Å². The van der Waals surface area contributed by atoms with Crippen LogP contribution in [-0.2, 0) is 20.0 Å². The zero-order valence-corrected chi connectivity index (χ0v) is 21.2. The summed E-state index contributed by atoms with van der Waals surface area (Å²) in [6, 6.07) is 4.81. The van der Waals surface area contributed by atoms with Gasteiger partial charge in [0.2, 0.25) is 0 Å². The Labute approximate surface area is 191 Å². The van der Waals surface area contributed by atoms with E-state index in [1.54, 1.807) is 53.7 Å². The highest BCUT2D eigenvalue weighted by Crippen LogP contribution is 2.41. The van der Waals surface area contributed by atoms with Gasteiger partial charge in [0.15, 0.2) is 0 Å². The molecule has 1 aromatic rings. The molecule has 1 aliphatic carbocycles. The molecule has 30 heavy (non-hydrogen) atoms. The predicted octanol–water partition coefficient (Wildman–Crippen LogP) is 4.99. The Hall–Kier alpha value is -1.23. The molecule has 0 bridgehead atoms. The molecule has 0 radical (unpaired) electrons. The maximum Gasteiger partial charge on any atom is 0.413 e. The smallest absolute Gasteiger partial charge is 0.413 e. The van der Waals surface area contributed by atoms with E-state index in [9.17, 15) is 13.4 Å². The lowest BCUT2D eigenvalue weighted by molar-refractivity contribution is 0.0560. The van der Waals surface area contributed by atoms with Crippen LogP contribution in [0.3, 0.4) is 0 Å². The number of hydrogen-bond donors (Lipinski definition) is 1. The molecule has 0 unspecified atom stereocenters. The van der Waals surface area contributed by atoms with Gasteiger partial charge in [0, 0.05) is 9.13 Å². The molecule has 0 spiro atoms. The average Bonchev–Trinajstić information content (AvgIpc) is 3.37. The molecule has 1 N–H and O–H groups in total. The Balaban J connectivity index is 2.14. The van der Waals surface area contributed by atoms with Crippen molar-refractivity contribution in [3.63, 3.8) is 0 Å². The van der Waals surface area contributed by atoms with Crippen molar-refractivity contribution in [2.45, 2.75) is 76.3 Å². The number of hydrogen-bond acceptors (Lipinski definition) is 5. The van der Waals surface area contributed by atoms with E-state index in [1.165, 1.54) is 6.07 Å². The molecule has 3 rings (SSSR count). The number of benzene rings is 1. The molecule has 2 aliphatic rings. The van der Waals surface area contributed by atoms with Gasteiger partial charge in [0.1, 0.15) is 27.5 Å². The molecule has 0 aromatic heterocycles. The molecule has 0 saturated heterocycles. The van der Waals surface area contributed by atoms with E-state index in [1.807, 2.05) is 0 Å². The second-order valence-corrected chi connectivity index (χ2v) is 13.7. The van der Waals surface area contributed by atoms with Crippen molar-refractivity contribution in [2.75, 3.05) is 5.75 Å². The van der Waals surface area contributed by atoms with Crippen molar-refractivity contribution in [1.29, 1.82) is 0 Å². The van der Waals surface area contributed by atoms with Gasteiger partial charge in [0.05, 0.1) is 21.5 Å². The Morgan fingerprint density at radius 1 is 1.33 bits per heavy atom. The summed E-state index contributed by atoms with van der Waals surface area (Å²) in [4.78, 5) is 17.3. The van der Waals surface area contributed by atoms with Gasteiger partial charge in [-0.2, -0.15) is 0 Å². The third-order valence-corrected chi connectivity index (χ3v) is 9.25. The minimum Gasteiger partial charge on any atom is -0.444 e. The van der Waals surface area contributed by atoms with E-state index in [0.717, 1.165) is 16.4 Å². The molecule has 166 valence electrons. The number of ether oxygens (including phenoxy) is 1. The van der Waals surface area contributed by atoms with Crippen LogP contribution in [0.15, 0.2) is 27.6 Å². The summed E-state index contributed by atoms with van der Waals surface area (Å²) in [5.41, 5.74) is -1.50. The fourth-order valence-electron chi connectivity index (χ4n) is 3.34. The highest BCUT2D eigenvalue weighted by molar-refractivity contribution is 14.1. The number of aliphatic imine (C=N–C) groups is 1. The summed E-state index contributed by atoms with van der Waals surface area (Å²) < 4.78 is 38.9. The Morgan fingerprint density at radius 3 is 2.53 bits per heavy atom. The average molecular weight is 549 g/mol. The van der Waals surface area contributed by atoms with Crippen LogP contribution >= 0.6 is 22.6 Å². The molecule has 1 aromatic carbocycles. The van der Waals surface area contributed by atoms with E-state index in [-0.39, 0.29) is 17.6 Å². The molecule has 1 fully saturated rings. The minimum atomic E-state index is -2.87. The Morgan fingerprint density at radius 2 is 1.97 bits per heavy atom. The number of carbonyl (C=O) groups is 1. The zero-order valence-electron chi connectivity index (χ0n) is 18.2. The van der Waals surface area contributed by atoms with Crippen molar-refractivity contribution >= 4 is 44.2 Å². The lowest BCUT2D eigenvalue weighted by Gasteiger charge is -2.42. The normalized spacial score (nSPS) is 28.5. The number of nitrogens with one attached hydrogen (secondary N) is 1. The highest BCUT2D eigenvalue weighted by Gasteiger charge is 2.50. The van der Waals surface area contributed by atoms with Crippen molar-refractivity contribution < 1.29 is 18.1 Å². The molecule has 1 heterocycles. The maximum absolute atomic E-state index is 14.8. The van der Waals surface area contributed by atoms with E-state index in [2.05, 4.69) is 32.3 Å². The molecule has 6 nitrogen and oxygen atoms in total. The van der Waals surface area contributed by atoms with Crippen LogP contribution in [0.25, 0.3) is 0 Å². The number of rotatable bonds is 2. The fraction of sp³-hybridized carbons (Fsp3) is 0.619. The molecule has 1 amide bonds. The van der Waals surface area contributed by atoms with Crippen molar-refractivity contribution in [3.05, 3.63) is 33.1 Å². The molecule has 1 saturated carbocycles. The van der Waals surface area contributed by atoms with Gasteiger partial charge >= 0.3 is 6.09 Å². The number of alkyl carbamates (subject to hydrolysis) is 1.